The third-order valence-electron chi connectivity index (χ3n) is 4.12. The van der Waals surface area contributed by atoms with Gasteiger partial charge in [0.1, 0.15) is 0 Å². The molecule has 0 radical (unpaired) electrons. The molecule has 0 unspecified atom stereocenters. The third kappa shape index (κ3) is 4.23. The minimum Gasteiger partial charge on any atom is -0.369 e. The second-order valence-electron chi connectivity index (χ2n) is 6.91. The van der Waals surface area contributed by atoms with E-state index in [2.05, 4.69) is 36.1 Å². The molecule has 0 N–H and O–H groups in total. The van der Waals surface area contributed by atoms with Gasteiger partial charge in [-0.1, -0.05) is 18.2 Å². The van der Waals surface area contributed by atoms with Crippen molar-refractivity contribution in [2.75, 3.05) is 24.5 Å². The summed E-state index contributed by atoms with van der Waals surface area (Å²) in [6.45, 7) is 10.4. The van der Waals surface area contributed by atoms with Crippen LogP contribution in [0.4, 0.5) is 5.69 Å². The number of hydrogen-bond acceptors (Lipinski definition) is 4. The Bertz CT molecular complexity index is 474. The summed E-state index contributed by atoms with van der Waals surface area (Å²) in [7, 11) is 0. The zero-order chi connectivity index (χ0) is 16.2. The molecule has 4 nitrogen and oxygen atoms in total. The minimum atomic E-state index is -0.448. The monoisotopic (exact) mass is 304 g/mol. The van der Waals surface area contributed by atoms with E-state index in [9.17, 15) is 4.79 Å². The third-order valence-corrected chi connectivity index (χ3v) is 4.12. The van der Waals surface area contributed by atoms with Crippen molar-refractivity contribution in [2.45, 2.75) is 46.6 Å². The van der Waals surface area contributed by atoms with Crippen LogP contribution in [0.2, 0.25) is 0 Å². The van der Waals surface area contributed by atoms with Crippen LogP contribution < -0.4 is 4.90 Å². The maximum absolute atomic E-state index is 12.0. The van der Waals surface area contributed by atoms with E-state index >= 15 is 0 Å². The molecule has 22 heavy (non-hydrogen) atoms. The van der Waals surface area contributed by atoms with Gasteiger partial charge in [-0.2, -0.15) is 0 Å². The number of nitrogens with zero attached hydrogens (tertiary/aromatic N) is 2. The zero-order valence-corrected chi connectivity index (χ0v) is 14.2. The van der Waals surface area contributed by atoms with E-state index in [1.807, 2.05) is 31.9 Å². The molecule has 2 rings (SSSR count). The number of carbonyl (C=O) groups excluding carboxylic acids is 1. The van der Waals surface area contributed by atoms with Gasteiger partial charge >= 0.3 is 5.97 Å². The normalized spacial score (nSPS) is 17.3. The van der Waals surface area contributed by atoms with Crippen LogP contribution in [0.5, 0.6) is 0 Å². The highest BCUT2D eigenvalue weighted by Gasteiger charge is 2.29. The highest BCUT2D eigenvalue weighted by Crippen LogP contribution is 2.24. The Hall–Kier alpha value is -1.55. The number of hydroxylamine groups is 2. The number of hydrogen-bond donors (Lipinski definition) is 0. The van der Waals surface area contributed by atoms with Crippen molar-refractivity contribution in [2.24, 2.45) is 5.41 Å². The number of rotatable bonds is 4. The van der Waals surface area contributed by atoms with E-state index in [0.717, 1.165) is 32.5 Å². The fraction of sp³-hybridized carbons (Fsp3) is 0.611. The first kappa shape index (κ1) is 16.8. The summed E-state index contributed by atoms with van der Waals surface area (Å²) in [6, 6.07) is 11.0. The summed E-state index contributed by atoms with van der Waals surface area (Å²) in [5, 5.41) is 1.82. The second kappa shape index (κ2) is 7.14. The van der Waals surface area contributed by atoms with E-state index in [0.29, 0.717) is 6.04 Å². The molecule has 0 amide bonds. The summed E-state index contributed by atoms with van der Waals surface area (Å²) in [5.74, 6) is -0.152. The summed E-state index contributed by atoms with van der Waals surface area (Å²) in [5.41, 5.74) is 0.825. The molecule has 1 heterocycles. The Morgan fingerprint density at radius 3 is 2.32 bits per heavy atom. The van der Waals surface area contributed by atoms with Crippen LogP contribution >= 0.6 is 0 Å². The van der Waals surface area contributed by atoms with E-state index in [1.165, 1.54) is 5.69 Å². The van der Waals surface area contributed by atoms with Crippen molar-refractivity contribution in [1.29, 1.82) is 0 Å². The zero-order valence-electron chi connectivity index (χ0n) is 14.2. The molecule has 1 fully saturated rings. The molecule has 0 aromatic heterocycles. The lowest BCUT2D eigenvalue weighted by Gasteiger charge is -2.39. The van der Waals surface area contributed by atoms with Crippen molar-refractivity contribution in [3.63, 3.8) is 0 Å². The molecule has 122 valence electrons. The molecule has 0 atom stereocenters. The second-order valence-corrected chi connectivity index (χ2v) is 6.91. The smallest absolute Gasteiger partial charge is 0.330 e. The molecule has 1 aromatic carbocycles. The van der Waals surface area contributed by atoms with Gasteiger partial charge in [0.15, 0.2) is 0 Å². The number of benzene rings is 1. The van der Waals surface area contributed by atoms with Crippen molar-refractivity contribution in [3.05, 3.63) is 30.3 Å². The molecule has 4 heteroatoms. The molecule has 1 saturated heterocycles. The number of para-hydroxylation sites is 1. The number of piperidine rings is 1. The average Bonchev–Trinajstić information content (AvgIpc) is 2.50. The summed E-state index contributed by atoms with van der Waals surface area (Å²) >= 11 is 0. The summed E-state index contributed by atoms with van der Waals surface area (Å²) < 4.78 is 0. The lowest BCUT2D eigenvalue weighted by Crippen LogP contribution is -2.46. The predicted octanol–water partition coefficient (Wildman–Crippen LogP) is 3.48. The van der Waals surface area contributed by atoms with Crippen LogP contribution in [-0.2, 0) is 9.63 Å². The maximum Gasteiger partial charge on any atom is 0.330 e. The van der Waals surface area contributed by atoms with Crippen molar-refractivity contribution >= 4 is 11.7 Å². The first-order valence-corrected chi connectivity index (χ1v) is 8.21. The van der Waals surface area contributed by atoms with Crippen molar-refractivity contribution in [3.8, 4) is 0 Å². The lowest BCUT2D eigenvalue weighted by molar-refractivity contribution is -0.204. The first-order valence-electron chi connectivity index (χ1n) is 8.21. The van der Waals surface area contributed by atoms with Crippen molar-refractivity contribution < 1.29 is 9.63 Å². The molecule has 0 bridgehead atoms. The fourth-order valence-corrected chi connectivity index (χ4v) is 2.77. The highest BCUT2D eigenvalue weighted by atomic mass is 16.7. The van der Waals surface area contributed by atoms with E-state index in [1.54, 1.807) is 0 Å². The van der Waals surface area contributed by atoms with Crippen LogP contribution in [0.15, 0.2) is 30.3 Å². The molecule has 0 saturated carbocycles. The van der Waals surface area contributed by atoms with E-state index in [4.69, 9.17) is 4.84 Å². The van der Waals surface area contributed by atoms with Gasteiger partial charge in [0.2, 0.25) is 0 Å². The quantitative estimate of drug-likeness (QED) is 0.852. The van der Waals surface area contributed by atoms with Gasteiger partial charge in [0, 0.05) is 31.4 Å². The summed E-state index contributed by atoms with van der Waals surface area (Å²) in [6.07, 6.45) is 2.03. The van der Waals surface area contributed by atoms with Crippen LogP contribution in [0, 0.1) is 5.41 Å². The van der Waals surface area contributed by atoms with Crippen LogP contribution in [0.3, 0.4) is 0 Å². The van der Waals surface area contributed by atoms with Crippen LogP contribution in [0.1, 0.15) is 40.5 Å². The van der Waals surface area contributed by atoms with Gasteiger partial charge in [-0.25, -0.2) is 4.79 Å². The Kier molecular flexibility index (Phi) is 5.46. The Labute approximate surface area is 134 Å². The standard InChI is InChI=1S/C18H28N2O2/c1-5-20(15-9-7-6-8-10-15)16-11-13-19(14-12-16)22-17(21)18(2,3)4/h6-10,16H,5,11-14H2,1-4H3. The van der Waals surface area contributed by atoms with Gasteiger partial charge in [0.05, 0.1) is 5.41 Å². The van der Waals surface area contributed by atoms with Crippen LogP contribution in [0.25, 0.3) is 0 Å². The SMILES string of the molecule is CCN(c1ccccc1)C1CCN(OC(=O)C(C)(C)C)CC1. The van der Waals surface area contributed by atoms with Gasteiger partial charge in [0.25, 0.3) is 0 Å². The molecule has 0 spiro atoms. The minimum absolute atomic E-state index is 0.152. The average molecular weight is 304 g/mol. The lowest BCUT2D eigenvalue weighted by atomic mass is 9.97. The Morgan fingerprint density at radius 1 is 1.23 bits per heavy atom. The van der Waals surface area contributed by atoms with Crippen LogP contribution in [-0.4, -0.2) is 36.7 Å². The molecule has 0 aliphatic carbocycles. The molecule has 1 aromatic rings. The van der Waals surface area contributed by atoms with E-state index in [-0.39, 0.29) is 5.97 Å². The largest absolute Gasteiger partial charge is 0.369 e. The summed E-state index contributed by atoms with van der Waals surface area (Å²) in [4.78, 5) is 19.9. The maximum atomic E-state index is 12.0. The molecular formula is C18H28N2O2. The Balaban J connectivity index is 1.90. The molecule has 1 aliphatic rings. The highest BCUT2D eigenvalue weighted by molar-refractivity contribution is 5.75. The molecular weight excluding hydrogens is 276 g/mol. The van der Waals surface area contributed by atoms with E-state index < -0.39 is 5.41 Å². The first-order chi connectivity index (χ1) is 10.4. The number of anilines is 1. The predicted molar refractivity (Wildman–Crippen MR) is 89.6 cm³/mol. The fourth-order valence-electron chi connectivity index (χ4n) is 2.77. The Morgan fingerprint density at radius 2 is 1.82 bits per heavy atom. The van der Waals surface area contributed by atoms with Gasteiger partial charge < -0.3 is 9.74 Å². The van der Waals surface area contributed by atoms with Gasteiger partial charge in [-0.15, -0.1) is 5.06 Å². The topological polar surface area (TPSA) is 32.8 Å². The van der Waals surface area contributed by atoms with Crippen molar-refractivity contribution in [1.82, 2.24) is 5.06 Å². The van der Waals surface area contributed by atoms with Gasteiger partial charge in [-0.3, -0.25) is 0 Å². The van der Waals surface area contributed by atoms with Gasteiger partial charge in [-0.05, 0) is 52.7 Å². The number of carbonyl (C=O) groups is 1. The molecule has 1 aliphatic heterocycles.